The average Bonchev–Trinajstić information content (AvgIpc) is 3.14. The monoisotopic (exact) mass is 436 g/mol. The molecule has 0 saturated carbocycles. The predicted molar refractivity (Wildman–Crippen MR) is 107 cm³/mol. The minimum atomic E-state index is -1.07. The number of benzene rings is 2. The predicted octanol–water partition coefficient (Wildman–Crippen LogP) is 4.95. The van der Waals surface area contributed by atoms with Crippen LogP contribution in [0.5, 0.6) is 0 Å². The van der Waals surface area contributed by atoms with Crippen molar-refractivity contribution in [2.75, 3.05) is 5.32 Å². The van der Waals surface area contributed by atoms with Crippen LogP contribution in [0, 0.1) is 11.3 Å². The number of nitrogens with one attached hydrogen (secondary N) is 1. The molecule has 6 nitrogen and oxygen atoms in total. The molecule has 3 rings (SSSR count). The van der Waals surface area contributed by atoms with Crippen molar-refractivity contribution in [1.29, 1.82) is 5.26 Å². The van der Waals surface area contributed by atoms with Gasteiger partial charge in [0.15, 0.2) is 0 Å². The summed E-state index contributed by atoms with van der Waals surface area (Å²) in [6.07, 6.45) is 1.31. The number of rotatable bonds is 5. The third kappa shape index (κ3) is 4.37. The third-order valence-corrected chi connectivity index (χ3v) is 4.28. The maximum Gasteiger partial charge on any atom is 0.336 e. The van der Waals surface area contributed by atoms with E-state index in [0.29, 0.717) is 17.0 Å². The Kier molecular flexibility index (Phi) is 5.72. The number of carboxylic acids is 1. The van der Waals surface area contributed by atoms with E-state index >= 15 is 0 Å². The summed E-state index contributed by atoms with van der Waals surface area (Å²) in [4.78, 5) is 23.7. The number of nitriles is 1. The maximum absolute atomic E-state index is 12.3. The Morgan fingerprint density at radius 3 is 2.61 bits per heavy atom. The number of carboxylic acid groups (broad SMARTS) is 1. The fraction of sp³-hybridized carbons (Fsp3) is 0. The molecule has 2 aromatic carbocycles. The fourth-order valence-corrected chi connectivity index (χ4v) is 2.91. The molecular weight excluding hydrogens is 424 g/mol. The molecule has 1 amide bonds. The zero-order valence-electron chi connectivity index (χ0n) is 14.3. The van der Waals surface area contributed by atoms with Crippen molar-refractivity contribution >= 4 is 39.6 Å². The first kappa shape index (κ1) is 19.1. The van der Waals surface area contributed by atoms with E-state index in [1.54, 1.807) is 48.5 Å². The molecule has 3 aromatic rings. The van der Waals surface area contributed by atoms with Crippen LogP contribution >= 0.6 is 15.9 Å². The number of carbonyl (C=O) groups is 2. The topological polar surface area (TPSA) is 103 Å². The van der Waals surface area contributed by atoms with Crippen LogP contribution in [0.4, 0.5) is 5.69 Å². The molecule has 0 unspecified atom stereocenters. The van der Waals surface area contributed by atoms with E-state index in [4.69, 9.17) is 4.42 Å². The van der Waals surface area contributed by atoms with Crippen LogP contribution in [-0.4, -0.2) is 17.0 Å². The van der Waals surface area contributed by atoms with Gasteiger partial charge in [-0.15, -0.1) is 0 Å². The zero-order chi connectivity index (χ0) is 20.1. The van der Waals surface area contributed by atoms with Gasteiger partial charge in [-0.05, 0) is 36.4 Å². The number of carbonyl (C=O) groups excluding carboxylic acids is 1. The van der Waals surface area contributed by atoms with Crippen molar-refractivity contribution in [3.05, 3.63) is 82.0 Å². The first-order valence-corrected chi connectivity index (χ1v) is 8.88. The summed E-state index contributed by atoms with van der Waals surface area (Å²) in [5.74, 6) is -1.07. The Balaban J connectivity index is 1.86. The lowest BCUT2D eigenvalue weighted by Gasteiger charge is -2.04. The van der Waals surface area contributed by atoms with Gasteiger partial charge in [-0.2, -0.15) is 5.26 Å². The van der Waals surface area contributed by atoms with Gasteiger partial charge in [0.2, 0.25) is 0 Å². The summed E-state index contributed by atoms with van der Waals surface area (Å²) in [7, 11) is 0. The number of furan rings is 1. The number of halogens is 1. The minimum absolute atomic E-state index is 0.0975. The van der Waals surface area contributed by atoms with Gasteiger partial charge in [-0.3, -0.25) is 4.79 Å². The summed E-state index contributed by atoms with van der Waals surface area (Å²) in [6, 6.07) is 18.4. The van der Waals surface area contributed by atoms with Crippen molar-refractivity contribution in [3.63, 3.8) is 0 Å². The lowest BCUT2D eigenvalue weighted by atomic mass is 10.1. The van der Waals surface area contributed by atoms with Crippen molar-refractivity contribution in [2.24, 2.45) is 0 Å². The lowest BCUT2D eigenvalue weighted by molar-refractivity contribution is -0.112. The van der Waals surface area contributed by atoms with Gasteiger partial charge in [-0.1, -0.05) is 40.2 Å². The number of anilines is 1. The molecule has 0 aliphatic heterocycles. The molecule has 0 atom stereocenters. The van der Waals surface area contributed by atoms with E-state index in [-0.39, 0.29) is 16.9 Å². The highest BCUT2D eigenvalue weighted by molar-refractivity contribution is 9.10. The highest BCUT2D eigenvalue weighted by Gasteiger charge is 2.15. The highest BCUT2D eigenvalue weighted by Crippen LogP contribution is 2.27. The van der Waals surface area contributed by atoms with Gasteiger partial charge in [0, 0.05) is 21.8 Å². The molecule has 0 radical (unpaired) electrons. The molecule has 1 aromatic heterocycles. The second kappa shape index (κ2) is 8.37. The number of hydrogen-bond acceptors (Lipinski definition) is 4. The van der Waals surface area contributed by atoms with Gasteiger partial charge in [0.25, 0.3) is 5.91 Å². The Bertz CT molecular complexity index is 1130. The van der Waals surface area contributed by atoms with Crippen molar-refractivity contribution in [2.45, 2.75) is 0 Å². The number of nitrogens with zero attached hydrogens (tertiary/aromatic N) is 1. The largest absolute Gasteiger partial charge is 0.478 e. The molecule has 0 spiro atoms. The molecule has 0 bridgehead atoms. The van der Waals surface area contributed by atoms with E-state index in [1.807, 2.05) is 12.1 Å². The first-order valence-electron chi connectivity index (χ1n) is 8.09. The van der Waals surface area contributed by atoms with E-state index in [9.17, 15) is 20.0 Å². The summed E-state index contributed by atoms with van der Waals surface area (Å²) < 4.78 is 6.43. The van der Waals surface area contributed by atoms with Gasteiger partial charge >= 0.3 is 5.97 Å². The number of aromatic carboxylic acids is 1. The van der Waals surface area contributed by atoms with Crippen LogP contribution in [0.15, 0.2) is 75.1 Å². The van der Waals surface area contributed by atoms with Crippen LogP contribution < -0.4 is 5.32 Å². The quantitative estimate of drug-likeness (QED) is 0.434. The molecule has 0 fully saturated rings. The second-order valence-corrected chi connectivity index (χ2v) is 6.60. The van der Waals surface area contributed by atoms with Crippen LogP contribution in [0.1, 0.15) is 16.1 Å². The lowest BCUT2D eigenvalue weighted by Crippen LogP contribution is -2.13. The second-order valence-electron chi connectivity index (χ2n) is 5.69. The minimum Gasteiger partial charge on any atom is -0.478 e. The zero-order valence-corrected chi connectivity index (χ0v) is 15.9. The molecule has 0 aliphatic carbocycles. The molecule has 28 heavy (non-hydrogen) atoms. The molecule has 0 aliphatic rings. The Hall–Kier alpha value is -3.63. The standard InChI is InChI=1S/C21H13BrN2O4/c22-14-4-3-5-15(11-14)24-20(25)13(12-23)10-16-8-9-19(28-16)17-6-1-2-7-18(17)21(26)27/h1-11H,(H,24,25)(H,26,27). The summed E-state index contributed by atoms with van der Waals surface area (Å²) in [5.41, 5.74) is 0.899. The van der Waals surface area contributed by atoms with Gasteiger partial charge in [-0.25, -0.2) is 4.79 Å². The number of hydrogen-bond donors (Lipinski definition) is 2. The molecule has 1 heterocycles. The summed E-state index contributed by atoms with van der Waals surface area (Å²) >= 11 is 3.31. The average molecular weight is 437 g/mol. The van der Waals surface area contributed by atoms with Crippen molar-refractivity contribution in [1.82, 2.24) is 0 Å². The van der Waals surface area contributed by atoms with Gasteiger partial charge in [0.1, 0.15) is 23.2 Å². The van der Waals surface area contributed by atoms with Gasteiger partial charge in [0.05, 0.1) is 5.56 Å². The van der Waals surface area contributed by atoms with E-state index in [0.717, 1.165) is 4.47 Å². The Labute approximate surface area is 168 Å². The molecule has 2 N–H and O–H groups in total. The Morgan fingerprint density at radius 2 is 1.89 bits per heavy atom. The van der Waals surface area contributed by atoms with E-state index in [2.05, 4.69) is 21.2 Å². The number of amides is 1. The third-order valence-electron chi connectivity index (χ3n) is 3.78. The summed E-state index contributed by atoms with van der Waals surface area (Å²) in [6.45, 7) is 0. The maximum atomic E-state index is 12.3. The van der Waals surface area contributed by atoms with Crippen LogP contribution in [-0.2, 0) is 4.79 Å². The molecule has 138 valence electrons. The van der Waals surface area contributed by atoms with E-state index < -0.39 is 11.9 Å². The Morgan fingerprint density at radius 1 is 1.11 bits per heavy atom. The van der Waals surface area contributed by atoms with Crippen molar-refractivity contribution in [3.8, 4) is 17.4 Å². The van der Waals surface area contributed by atoms with E-state index in [1.165, 1.54) is 12.1 Å². The van der Waals surface area contributed by atoms with Gasteiger partial charge < -0.3 is 14.8 Å². The smallest absolute Gasteiger partial charge is 0.336 e. The fourth-order valence-electron chi connectivity index (χ4n) is 2.52. The highest BCUT2D eigenvalue weighted by atomic mass is 79.9. The molecular formula is C21H13BrN2O4. The molecule has 0 saturated heterocycles. The molecule has 7 heteroatoms. The normalized spacial score (nSPS) is 10.9. The summed E-state index contributed by atoms with van der Waals surface area (Å²) in [5, 5.41) is 21.3. The first-order chi connectivity index (χ1) is 13.5. The van der Waals surface area contributed by atoms with Crippen LogP contribution in [0.25, 0.3) is 17.4 Å². The van der Waals surface area contributed by atoms with Crippen molar-refractivity contribution < 1.29 is 19.1 Å². The van der Waals surface area contributed by atoms with Crippen LogP contribution in [0.3, 0.4) is 0 Å². The SMILES string of the molecule is N#CC(=Cc1ccc(-c2ccccc2C(=O)O)o1)C(=O)Nc1cccc(Br)c1. The van der Waals surface area contributed by atoms with Crippen LogP contribution in [0.2, 0.25) is 0 Å².